The third-order valence-corrected chi connectivity index (χ3v) is 7.48. The molecule has 2 aliphatic heterocycles. The van der Waals surface area contributed by atoms with E-state index in [1.54, 1.807) is 18.2 Å². The number of fused-ring (bicyclic) bond motifs is 3. The molecule has 1 fully saturated rings. The van der Waals surface area contributed by atoms with Crippen molar-refractivity contribution >= 4 is 51.7 Å². The van der Waals surface area contributed by atoms with Crippen LogP contribution in [0.2, 0.25) is 5.02 Å². The van der Waals surface area contributed by atoms with Crippen molar-refractivity contribution < 1.29 is 4.79 Å². The summed E-state index contributed by atoms with van der Waals surface area (Å²) in [4.78, 5) is 16.0. The van der Waals surface area contributed by atoms with Crippen LogP contribution in [-0.4, -0.2) is 17.9 Å². The Hall–Kier alpha value is -3.13. The fourth-order valence-corrected chi connectivity index (χ4v) is 5.62. The molecule has 0 bridgehead atoms. The molecule has 0 unspecified atom stereocenters. The Morgan fingerprint density at radius 2 is 1.70 bits per heavy atom. The van der Waals surface area contributed by atoms with Crippen LogP contribution in [0.5, 0.6) is 0 Å². The first-order chi connectivity index (χ1) is 16.0. The lowest BCUT2D eigenvalue weighted by molar-refractivity contribution is 0.0951. The molecule has 3 atom stereocenters. The smallest absolute Gasteiger partial charge is 0.185 e. The van der Waals surface area contributed by atoms with Gasteiger partial charge in [0, 0.05) is 25.8 Å². The first-order valence-electron chi connectivity index (χ1n) is 10.4. The highest BCUT2D eigenvalue weighted by Gasteiger charge is 2.63. The Labute approximate surface area is 210 Å². The number of Topliss-reactive ketones (excluding diaryl/α,β-unsaturated/α-hetero) is 1. The highest BCUT2D eigenvalue weighted by Crippen LogP contribution is 2.55. The molecule has 160 valence electrons. The zero-order valence-corrected chi connectivity index (χ0v) is 20.2. The van der Waals surface area contributed by atoms with E-state index >= 15 is 0 Å². The molecule has 6 heteroatoms. The summed E-state index contributed by atoms with van der Waals surface area (Å²) in [6, 6.07) is 25.6. The predicted molar refractivity (Wildman–Crippen MR) is 137 cm³/mol. The summed E-state index contributed by atoms with van der Waals surface area (Å²) in [6.07, 6.45) is 3.76. The number of rotatable bonds is 3. The van der Waals surface area contributed by atoms with Crippen LogP contribution < -0.4 is 4.90 Å². The number of ketones is 1. The van der Waals surface area contributed by atoms with E-state index in [-0.39, 0.29) is 5.78 Å². The summed E-state index contributed by atoms with van der Waals surface area (Å²) in [7, 11) is 0. The lowest BCUT2D eigenvalue weighted by atomic mass is 9.69. The highest BCUT2D eigenvalue weighted by atomic mass is 127. The van der Waals surface area contributed by atoms with Crippen molar-refractivity contribution in [3.63, 3.8) is 0 Å². The fraction of sp³-hybridized carbons (Fsp3) is 0.148. The van der Waals surface area contributed by atoms with E-state index in [4.69, 9.17) is 11.6 Å². The topological polar surface area (TPSA) is 67.9 Å². The van der Waals surface area contributed by atoms with Crippen molar-refractivity contribution in [1.29, 1.82) is 10.5 Å². The standard InChI is InChI=1S/C27H17ClIN3O/c28-20-9-12-22-19(14-20)8-13-23-27(15-30,16-31)24(17-6-10-21(29)11-7-17)25(32(22)23)26(33)18-4-2-1-3-5-18/h1-14,23-25H/t23-,24+,25-/m1/s1. The lowest BCUT2D eigenvalue weighted by Crippen LogP contribution is -2.44. The maximum absolute atomic E-state index is 14.0. The van der Waals surface area contributed by atoms with Crippen LogP contribution >= 0.6 is 34.2 Å². The second-order valence-electron chi connectivity index (χ2n) is 8.21. The number of benzene rings is 3. The molecule has 2 heterocycles. The van der Waals surface area contributed by atoms with Gasteiger partial charge in [-0.2, -0.15) is 10.5 Å². The number of hydrogen-bond donors (Lipinski definition) is 0. The Kier molecular flexibility index (Phi) is 5.48. The number of halogens is 2. The molecule has 3 aromatic rings. The monoisotopic (exact) mass is 561 g/mol. The Morgan fingerprint density at radius 1 is 1.00 bits per heavy atom. The maximum Gasteiger partial charge on any atom is 0.185 e. The van der Waals surface area contributed by atoms with E-state index in [0.717, 1.165) is 20.4 Å². The molecule has 0 aromatic heterocycles. The van der Waals surface area contributed by atoms with Gasteiger partial charge in [-0.25, -0.2) is 0 Å². The Bertz CT molecular complexity index is 1340. The van der Waals surface area contributed by atoms with Crippen molar-refractivity contribution in [3.8, 4) is 12.1 Å². The lowest BCUT2D eigenvalue weighted by Gasteiger charge is -2.35. The van der Waals surface area contributed by atoms with Gasteiger partial charge in [0.15, 0.2) is 11.2 Å². The highest BCUT2D eigenvalue weighted by molar-refractivity contribution is 14.1. The zero-order chi connectivity index (χ0) is 23.2. The summed E-state index contributed by atoms with van der Waals surface area (Å²) in [5.41, 5.74) is 1.55. The normalized spacial score (nSPS) is 22.1. The van der Waals surface area contributed by atoms with Gasteiger partial charge < -0.3 is 4.90 Å². The Morgan fingerprint density at radius 3 is 2.36 bits per heavy atom. The van der Waals surface area contributed by atoms with Crippen molar-refractivity contribution in [3.05, 3.63) is 104 Å². The SMILES string of the molecule is N#CC1(C#N)[C@@H](c2ccc(I)cc2)[C@H](C(=O)c2ccccc2)N2c3ccc(Cl)cc3C=C[C@@H]21. The molecule has 1 saturated heterocycles. The van der Waals surface area contributed by atoms with Crippen molar-refractivity contribution in [2.75, 3.05) is 4.90 Å². The predicted octanol–water partition coefficient (Wildman–Crippen LogP) is 6.23. The Balaban J connectivity index is 1.79. The summed E-state index contributed by atoms with van der Waals surface area (Å²) in [6.45, 7) is 0. The second kappa shape index (κ2) is 8.33. The molecule has 0 aliphatic carbocycles. The third kappa shape index (κ3) is 3.35. The molecule has 5 rings (SSSR count). The van der Waals surface area contributed by atoms with E-state index in [2.05, 4.69) is 34.7 Å². The second-order valence-corrected chi connectivity index (χ2v) is 9.89. The van der Waals surface area contributed by atoms with Gasteiger partial charge in [-0.3, -0.25) is 4.79 Å². The van der Waals surface area contributed by atoms with E-state index in [9.17, 15) is 15.3 Å². The molecule has 33 heavy (non-hydrogen) atoms. The van der Waals surface area contributed by atoms with Gasteiger partial charge in [0.1, 0.15) is 6.04 Å². The first-order valence-corrected chi connectivity index (χ1v) is 11.9. The molecule has 2 aliphatic rings. The summed E-state index contributed by atoms with van der Waals surface area (Å²) in [5, 5.41) is 21.5. The van der Waals surface area contributed by atoms with Gasteiger partial charge in [-0.1, -0.05) is 66.2 Å². The van der Waals surface area contributed by atoms with E-state index in [0.29, 0.717) is 10.6 Å². The molecule has 0 spiro atoms. The van der Waals surface area contributed by atoms with Crippen LogP contribution in [0.15, 0.2) is 78.9 Å². The minimum absolute atomic E-state index is 0.118. The van der Waals surface area contributed by atoms with E-state index in [1.807, 2.05) is 71.6 Å². The van der Waals surface area contributed by atoms with Gasteiger partial charge in [-0.05, 0) is 64.0 Å². The van der Waals surface area contributed by atoms with Gasteiger partial charge in [0.05, 0.1) is 18.2 Å². The number of carbonyl (C=O) groups excluding carboxylic acids is 1. The van der Waals surface area contributed by atoms with Crippen LogP contribution in [0.25, 0.3) is 6.08 Å². The average molecular weight is 562 g/mol. The first kappa shape index (κ1) is 21.7. The molecular formula is C27H17ClIN3O. The molecule has 0 radical (unpaired) electrons. The molecule has 4 nitrogen and oxygen atoms in total. The minimum atomic E-state index is -1.45. The number of carbonyl (C=O) groups is 1. The average Bonchev–Trinajstić information content (AvgIpc) is 3.15. The fourth-order valence-electron chi connectivity index (χ4n) is 5.08. The zero-order valence-electron chi connectivity index (χ0n) is 17.3. The summed E-state index contributed by atoms with van der Waals surface area (Å²) < 4.78 is 1.04. The van der Waals surface area contributed by atoms with Crippen molar-refractivity contribution in [2.24, 2.45) is 5.41 Å². The van der Waals surface area contributed by atoms with Crippen LogP contribution in [0.3, 0.4) is 0 Å². The van der Waals surface area contributed by atoms with E-state index in [1.165, 1.54) is 0 Å². The molecule has 0 N–H and O–H groups in total. The van der Waals surface area contributed by atoms with Gasteiger partial charge in [0.25, 0.3) is 0 Å². The quantitative estimate of drug-likeness (QED) is 0.281. The molecule has 0 amide bonds. The summed E-state index contributed by atoms with van der Waals surface area (Å²) in [5.74, 6) is -0.763. The van der Waals surface area contributed by atoms with E-state index < -0.39 is 23.4 Å². The molecule has 0 saturated carbocycles. The number of anilines is 1. The molecule has 3 aromatic carbocycles. The number of nitrogens with zero attached hydrogens (tertiary/aromatic N) is 3. The van der Waals surface area contributed by atoms with Gasteiger partial charge in [0.2, 0.25) is 0 Å². The van der Waals surface area contributed by atoms with Crippen molar-refractivity contribution in [1.82, 2.24) is 0 Å². The van der Waals surface area contributed by atoms with Crippen LogP contribution in [0.1, 0.15) is 27.4 Å². The molecular weight excluding hydrogens is 545 g/mol. The number of hydrogen-bond acceptors (Lipinski definition) is 4. The van der Waals surface area contributed by atoms with Crippen molar-refractivity contribution in [2.45, 2.75) is 18.0 Å². The third-order valence-electron chi connectivity index (χ3n) is 6.52. The van der Waals surface area contributed by atoms with Gasteiger partial charge >= 0.3 is 0 Å². The summed E-state index contributed by atoms with van der Waals surface area (Å²) >= 11 is 8.46. The largest absolute Gasteiger partial charge is 0.351 e. The van der Waals surface area contributed by atoms with Crippen LogP contribution in [0.4, 0.5) is 5.69 Å². The van der Waals surface area contributed by atoms with Gasteiger partial charge in [-0.15, -0.1) is 0 Å². The minimum Gasteiger partial charge on any atom is -0.351 e. The maximum atomic E-state index is 14.0. The van der Waals surface area contributed by atoms with Crippen LogP contribution in [0, 0.1) is 31.6 Å². The van der Waals surface area contributed by atoms with Crippen LogP contribution in [-0.2, 0) is 0 Å². The number of nitriles is 2.